The molecule has 3 aromatic rings. The van der Waals surface area contributed by atoms with Crippen LogP contribution in [0.15, 0.2) is 59.4 Å². The first-order valence-corrected chi connectivity index (χ1v) is 8.07. The van der Waals surface area contributed by atoms with E-state index in [4.69, 9.17) is 0 Å². The number of benzene rings is 2. The molecule has 1 N–H and O–H groups in total. The van der Waals surface area contributed by atoms with Crippen LogP contribution in [-0.2, 0) is 11.3 Å². The van der Waals surface area contributed by atoms with Crippen molar-refractivity contribution in [3.63, 3.8) is 0 Å². The highest BCUT2D eigenvalue weighted by molar-refractivity contribution is 5.93. The van der Waals surface area contributed by atoms with E-state index < -0.39 is 0 Å². The van der Waals surface area contributed by atoms with Gasteiger partial charge in [0.1, 0.15) is 0 Å². The molecule has 1 amide bonds. The third kappa shape index (κ3) is 3.08. The number of aromatic amines is 1. The third-order valence-corrected chi connectivity index (χ3v) is 4.16. The standard InChI is InChI=1S/C20H20N2O2/c1-3-18(23)22(17-10-5-4-6-11-17)13-16-12-15-9-7-8-14(2)19(15)21-20(16)24/h4-12H,3,13H2,1-2H3,(H,21,24). The van der Waals surface area contributed by atoms with E-state index in [-0.39, 0.29) is 18.0 Å². The number of nitrogens with one attached hydrogen (secondary N) is 1. The van der Waals surface area contributed by atoms with E-state index >= 15 is 0 Å². The van der Waals surface area contributed by atoms with Crippen LogP contribution in [0.3, 0.4) is 0 Å². The Balaban J connectivity index is 2.04. The van der Waals surface area contributed by atoms with Gasteiger partial charge >= 0.3 is 0 Å². The maximum atomic E-state index is 12.5. The Hall–Kier alpha value is -2.88. The van der Waals surface area contributed by atoms with Gasteiger partial charge in [-0.05, 0) is 36.1 Å². The normalized spacial score (nSPS) is 10.8. The van der Waals surface area contributed by atoms with Crippen molar-refractivity contribution in [3.8, 4) is 0 Å². The molecule has 0 saturated heterocycles. The summed E-state index contributed by atoms with van der Waals surface area (Å²) < 4.78 is 0. The van der Waals surface area contributed by atoms with Crippen LogP contribution in [0, 0.1) is 6.92 Å². The summed E-state index contributed by atoms with van der Waals surface area (Å²) in [5.74, 6) is -0.00932. The van der Waals surface area contributed by atoms with Crippen molar-refractivity contribution in [3.05, 3.63) is 76.1 Å². The molecule has 3 rings (SSSR count). The average Bonchev–Trinajstić information content (AvgIpc) is 2.61. The van der Waals surface area contributed by atoms with Crippen LogP contribution in [0.4, 0.5) is 5.69 Å². The molecule has 0 aliphatic heterocycles. The van der Waals surface area contributed by atoms with Crippen LogP contribution in [0.1, 0.15) is 24.5 Å². The Morgan fingerprint density at radius 3 is 2.54 bits per heavy atom. The number of amides is 1. The zero-order valence-electron chi connectivity index (χ0n) is 13.9. The molecule has 0 atom stereocenters. The zero-order valence-corrected chi connectivity index (χ0v) is 13.9. The predicted octanol–water partition coefficient (Wildman–Crippen LogP) is 3.78. The molecule has 0 bridgehead atoms. The number of fused-ring (bicyclic) bond motifs is 1. The van der Waals surface area contributed by atoms with Gasteiger partial charge in [-0.15, -0.1) is 0 Å². The summed E-state index contributed by atoms with van der Waals surface area (Å²) in [6, 6.07) is 17.2. The van der Waals surface area contributed by atoms with Crippen molar-refractivity contribution in [2.45, 2.75) is 26.8 Å². The molecule has 0 unspecified atom stereocenters. The molecule has 24 heavy (non-hydrogen) atoms. The largest absolute Gasteiger partial charge is 0.321 e. The van der Waals surface area contributed by atoms with Crippen LogP contribution in [0.2, 0.25) is 0 Å². The van der Waals surface area contributed by atoms with Gasteiger partial charge in [0.05, 0.1) is 12.1 Å². The first kappa shape index (κ1) is 16.0. The fourth-order valence-corrected chi connectivity index (χ4v) is 2.84. The summed E-state index contributed by atoms with van der Waals surface area (Å²) in [5, 5.41) is 0.974. The second-order valence-electron chi connectivity index (χ2n) is 5.83. The molecule has 4 nitrogen and oxygen atoms in total. The SMILES string of the molecule is CCC(=O)N(Cc1cc2cccc(C)c2[nH]c1=O)c1ccccc1. The van der Waals surface area contributed by atoms with Crippen LogP contribution < -0.4 is 10.5 Å². The fourth-order valence-electron chi connectivity index (χ4n) is 2.84. The highest BCUT2D eigenvalue weighted by Crippen LogP contribution is 2.19. The van der Waals surface area contributed by atoms with Gasteiger partial charge in [0, 0.05) is 17.7 Å². The lowest BCUT2D eigenvalue weighted by atomic mass is 10.1. The van der Waals surface area contributed by atoms with E-state index in [9.17, 15) is 9.59 Å². The molecule has 0 radical (unpaired) electrons. The van der Waals surface area contributed by atoms with E-state index in [2.05, 4.69) is 4.98 Å². The summed E-state index contributed by atoms with van der Waals surface area (Å²) >= 11 is 0. The third-order valence-electron chi connectivity index (χ3n) is 4.16. The summed E-state index contributed by atoms with van der Waals surface area (Å²) in [5.41, 5.74) is 3.11. The van der Waals surface area contributed by atoms with Gasteiger partial charge in [-0.2, -0.15) is 0 Å². The Morgan fingerprint density at radius 1 is 1.08 bits per heavy atom. The van der Waals surface area contributed by atoms with Crippen LogP contribution >= 0.6 is 0 Å². The second kappa shape index (κ2) is 6.71. The number of carbonyl (C=O) groups excluding carboxylic acids is 1. The lowest BCUT2D eigenvalue weighted by molar-refractivity contribution is -0.118. The summed E-state index contributed by atoms with van der Waals surface area (Å²) in [7, 11) is 0. The Kier molecular flexibility index (Phi) is 4.47. The summed E-state index contributed by atoms with van der Waals surface area (Å²) in [6.07, 6.45) is 0.388. The highest BCUT2D eigenvalue weighted by atomic mass is 16.2. The van der Waals surface area contributed by atoms with Crippen LogP contribution in [0.25, 0.3) is 10.9 Å². The number of para-hydroxylation sites is 2. The second-order valence-corrected chi connectivity index (χ2v) is 5.83. The minimum Gasteiger partial charge on any atom is -0.321 e. The molecule has 0 saturated carbocycles. The van der Waals surface area contributed by atoms with E-state index in [1.807, 2.05) is 68.4 Å². The quantitative estimate of drug-likeness (QED) is 0.795. The maximum Gasteiger partial charge on any atom is 0.253 e. The van der Waals surface area contributed by atoms with Gasteiger partial charge in [0.25, 0.3) is 5.56 Å². The van der Waals surface area contributed by atoms with Gasteiger partial charge < -0.3 is 9.88 Å². The molecule has 0 spiro atoms. The minimum absolute atomic E-state index is 0.00932. The van der Waals surface area contributed by atoms with Crippen molar-refractivity contribution in [1.29, 1.82) is 0 Å². The van der Waals surface area contributed by atoms with Crippen molar-refractivity contribution in [1.82, 2.24) is 4.98 Å². The number of carbonyl (C=O) groups is 1. The van der Waals surface area contributed by atoms with Gasteiger partial charge in [-0.25, -0.2) is 0 Å². The molecule has 2 aromatic carbocycles. The van der Waals surface area contributed by atoms with Gasteiger partial charge in [0.2, 0.25) is 5.91 Å². The maximum absolute atomic E-state index is 12.5. The molecule has 0 aliphatic carbocycles. The summed E-state index contributed by atoms with van der Waals surface area (Å²) in [4.78, 5) is 29.4. The van der Waals surface area contributed by atoms with E-state index in [0.29, 0.717) is 12.0 Å². The van der Waals surface area contributed by atoms with E-state index in [0.717, 1.165) is 22.2 Å². The lowest BCUT2D eigenvalue weighted by Gasteiger charge is -2.22. The van der Waals surface area contributed by atoms with E-state index in [1.54, 1.807) is 4.90 Å². The highest BCUT2D eigenvalue weighted by Gasteiger charge is 2.16. The topological polar surface area (TPSA) is 53.2 Å². The number of pyridine rings is 1. The first-order valence-electron chi connectivity index (χ1n) is 8.07. The molecule has 0 aliphatic rings. The smallest absolute Gasteiger partial charge is 0.253 e. The average molecular weight is 320 g/mol. The molecular weight excluding hydrogens is 300 g/mol. The molecule has 4 heteroatoms. The van der Waals surface area contributed by atoms with Crippen LogP contribution in [-0.4, -0.2) is 10.9 Å². The molecule has 1 aromatic heterocycles. The Bertz CT molecular complexity index is 929. The van der Waals surface area contributed by atoms with Crippen molar-refractivity contribution >= 4 is 22.5 Å². The monoisotopic (exact) mass is 320 g/mol. The zero-order chi connectivity index (χ0) is 17.1. The van der Waals surface area contributed by atoms with Gasteiger partial charge in [-0.1, -0.05) is 43.3 Å². The number of aryl methyl sites for hydroxylation is 1. The Morgan fingerprint density at radius 2 is 1.83 bits per heavy atom. The van der Waals surface area contributed by atoms with Crippen LogP contribution in [0.5, 0.6) is 0 Å². The molecule has 0 fully saturated rings. The number of rotatable bonds is 4. The predicted molar refractivity (Wildman–Crippen MR) is 97.2 cm³/mol. The number of H-pyrrole nitrogens is 1. The first-order chi connectivity index (χ1) is 11.6. The number of hydrogen-bond donors (Lipinski definition) is 1. The fraction of sp³-hybridized carbons (Fsp3) is 0.200. The number of nitrogens with zero attached hydrogens (tertiary/aromatic N) is 1. The number of aromatic nitrogens is 1. The van der Waals surface area contributed by atoms with Gasteiger partial charge in [-0.3, -0.25) is 9.59 Å². The molecular formula is C20H20N2O2. The minimum atomic E-state index is -0.151. The van der Waals surface area contributed by atoms with Gasteiger partial charge in [0.15, 0.2) is 0 Å². The Labute approximate surface area is 140 Å². The summed E-state index contributed by atoms with van der Waals surface area (Å²) in [6.45, 7) is 4.05. The lowest BCUT2D eigenvalue weighted by Crippen LogP contribution is -2.32. The molecule has 122 valence electrons. The van der Waals surface area contributed by atoms with Crippen molar-refractivity contribution in [2.75, 3.05) is 4.90 Å². The number of anilines is 1. The number of hydrogen-bond acceptors (Lipinski definition) is 2. The van der Waals surface area contributed by atoms with Crippen molar-refractivity contribution in [2.24, 2.45) is 0 Å². The van der Waals surface area contributed by atoms with Crippen molar-refractivity contribution < 1.29 is 4.79 Å². The molecule has 1 heterocycles. The van der Waals surface area contributed by atoms with E-state index in [1.165, 1.54) is 0 Å².